The van der Waals surface area contributed by atoms with Crippen molar-refractivity contribution in [2.45, 2.75) is 20.8 Å². The molecule has 3 rings (SSSR count). The van der Waals surface area contributed by atoms with E-state index in [-0.39, 0.29) is 0 Å². The predicted octanol–water partition coefficient (Wildman–Crippen LogP) is 3.19. The molecule has 0 aliphatic carbocycles. The highest BCUT2D eigenvalue weighted by Crippen LogP contribution is 2.29. The molecule has 140 valence electrons. The molecule has 1 aromatic carbocycles. The molecule has 0 bridgehead atoms. The number of methoxy groups -OCH3 is 1. The molecule has 2 aromatic rings. The van der Waals surface area contributed by atoms with Gasteiger partial charge in [-0.1, -0.05) is 26.0 Å². The molecular weight excluding hydrogens is 326 g/mol. The largest absolute Gasteiger partial charge is 0.495 e. The second-order valence-electron chi connectivity index (χ2n) is 7.08. The lowest BCUT2D eigenvalue weighted by Gasteiger charge is -2.37. The molecule has 6 nitrogen and oxygen atoms in total. The topological polar surface area (TPSA) is 53.5 Å². The van der Waals surface area contributed by atoms with Crippen LogP contribution in [0.25, 0.3) is 0 Å². The lowest BCUT2D eigenvalue weighted by molar-refractivity contribution is 0.413. The van der Waals surface area contributed by atoms with Gasteiger partial charge in [-0.05, 0) is 25.0 Å². The molecular formula is C20H29N5O. The molecule has 0 atom stereocenters. The van der Waals surface area contributed by atoms with Crippen molar-refractivity contribution in [3.8, 4) is 5.75 Å². The zero-order chi connectivity index (χ0) is 18.5. The molecule has 1 aromatic heterocycles. The quantitative estimate of drug-likeness (QED) is 0.859. The molecule has 0 unspecified atom stereocenters. The zero-order valence-electron chi connectivity index (χ0n) is 16.2. The third-order valence-corrected chi connectivity index (χ3v) is 4.55. The van der Waals surface area contributed by atoms with Crippen molar-refractivity contribution in [2.75, 3.05) is 55.0 Å². The highest BCUT2D eigenvalue weighted by Gasteiger charge is 2.21. The SMILES string of the molecule is COc1ccccc1N1CCN(c2cc(NCC(C)C)nc(C)n2)CC1. The van der Waals surface area contributed by atoms with Gasteiger partial charge in [0.25, 0.3) is 0 Å². The third-order valence-electron chi connectivity index (χ3n) is 4.55. The number of para-hydroxylation sites is 2. The number of benzene rings is 1. The van der Waals surface area contributed by atoms with E-state index in [2.05, 4.69) is 57.1 Å². The van der Waals surface area contributed by atoms with Gasteiger partial charge >= 0.3 is 0 Å². The van der Waals surface area contributed by atoms with Crippen LogP contribution in [0, 0.1) is 12.8 Å². The number of aromatic nitrogens is 2. The molecule has 1 aliphatic rings. The fraction of sp³-hybridized carbons (Fsp3) is 0.500. The molecule has 1 N–H and O–H groups in total. The van der Waals surface area contributed by atoms with Crippen LogP contribution >= 0.6 is 0 Å². The fourth-order valence-electron chi connectivity index (χ4n) is 3.18. The van der Waals surface area contributed by atoms with E-state index in [1.807, 2.05) is 19.1 Å². The van der Waals surface area contributed by atoms with Crippen LogP contribution in [0.15, 0.2) is 30.3 Å². The van der Waals surface area contributed by atoms with Gasteiger partial charge in [0.15, 0.2) is 0 Å². The number of ether oxygens (including phenoxy) is 1. The summed E-state index contributed by atoms with van der Waals surface area (Å²) in [6.07, 6.45) is 0. The number of hydrogen-bond donors (Lipinski definition) is 1. The first-order valence-electron chi connectivity index (χ1n) is 9.29. The van der Waals surface area contributed by atoms with E-state index in [0.717, 1.165) is 61.6 Å². The van der Waals surface area contributed by atoms with Crippen LogP contribution < -0.4 is 19.9 Å². The standard InChI is InChI=1S/C20H29N5O/c1-15(2)14-21-19-13-20(23-16(3)22-19)25-11-9-24(10-12-25)17-7-5-6-8-18(17)26-4/h5-8,13,15H,9-12,14H2,1-4H3,(H,21,22,23). The average molecular weight is 355 g/mol. The summed E-state index contributed by atoms with van der Waals surface area (Å²) in [6.45, 7) is 11.0. The first-order chi connectivity index (χ1) is 12.6. The van der Waals surface area contributed by atoms with E-state index in [1.165, 1.54) is 0 Å². The minimum absolute atomic E-state index is 0.582. The molecule has 1 fully saturated rings. The highest BCUT2D eigenvalue weighted by atomic mass is 16.5. The molecule has 0 amide bonds. The van der Waals surface area contributed by atoms with Crippen LogP contribution in [-0.4, -0.2) is 49.8 Å². The van der Waals surface area contributed by atoms with E-state index in [9.17, 15) is 0 Å². The Balaban J connectivity index is 1.68. The Bertz CT molecular complexity index is 726. The Kier molecular flexibility index (Phi) is 5.81. The van der Waals surface area contributed by atoms with Gasteiger partial charge in [0.2, 0.25) is 0 Å². The number of hydrogen-bond acceptors (Lipinski definition) is 6. The first kappa shape index (κ1) is 18.3. The van der Waals surface area contributed by atoms with Gasteiger partial charge in [-0.2, -0.15) is 0 Å². The van der Waals surface area contributed by atoms with E-state index >= 15 is 0 Å². The normalized spacial score (nSPS) is 14.7. The maximum atomic E-state index is 5.50. The van der Waals surface area contributed by atoms with Gasteiger partial charge in [-0.25, -0.2) is 9.97 Å². The van der Waals surface area contributed by atoms with Crippen LogP contribution in [0.4, 0.5) is 17.3 Å². The average Bonchev–Trinajstić information content (AvgIpc) is 2.66. The lowest BCUT2D eigenvalue weighted by Crippen LogP contribution is -2.47. The van der Waals surface area contributed by atoms with Crippen LogP contribution in [0.3, 0.4) is 0 Å². The van der Waals surface area contributed by atoms with Crippen molar-refractivity contribution in [2.24, 2.45) is 5.92 Å². The van der Waals surface area contributed by atoms with E-state index in [0.29, 0.717) is 5.92 Å². The lowest BCUT2D eigenvalue weighted by atomic mass is 10.2. The second kappa shape index (κ2) is 8.25. The van der Waals surface area contributed by atoms with Crippen molar-refractivity contribution in [3.63, 3.8) is 0 Å². The third kappa shape index (κ3) is 4.36. The van der Waals surface area contributed by atoms with E-state index in [4.69, 9.17) is 4.74 Å². The van der Waals surface area contributed by atoms with Crippen molar-refractivity contribution < 1.29 is 4.74 Å². The van der Waals surface area contributed by atoms with E-state index < -0.39 is 0 Å². The summed E-state index contributed by atoms with van der Waals surface area (Å²) < 4.78 is 5.50. The van der Waals surface area contributed by atoms with Gasteiger partial charge in [0, 0.05) is 38.8 Å². The summed E-state index contributed by atoms with van der Waals surface area (Å²) in [4.78, 5) is 13.9. The van der Waals surface area contributed by atoms with Crippen molar-refractivity contribution in [3.05, 3.63) is 36.2 Å². The van der Waals surface area contributed by atoms with Gasteiger partial charge in [0.05, 0.1) is 12.8 Å². The Morgan fingerprint density at radius 1 is 1.08 bits per heavy atom. The first-order valence-corrected chi connectivity index (χ1v) is 9.29. The predicted molar refractivity (Wildman–Crippen MR) is 108 cm³/mol. The van der Waals surface area contributed by atoms with Crippen molar-refractivity contribution in [1.82, 2.24) is 9.97 Å². The number of nitrogens with one attached hydrogen (secondary N) is 1. The van der Waals surface area contributed by atoms with Crippen LogP contribution in [0.1, 0.15) is 19.7 Å². The second-order valence-corrected chi connectivity index (χ2v) is 7.08. The van der Waals surface area contributed by atoms with Crippen molar-refractivity contribution >= 4 is 17.3 Å². The number of nitrogens with zero attached hydrogens (tertiary/aromatic N) is 4. The summed E-state index contributed by atoms with van der Waals surface area (Å²) in [5, 5.41) is 3.41. The van der Waals surface area contributed by atoms with Crippen molar-refractivity contribution in [1.29, 1.82) is 0 Å². The molecule has 1 saturated heterocycles. The summed E-state index contributed by atoms with van der Waals surface area (Å²) in [5.74, 6) is 4.23. The summed E-state index contributed by atoms with van der Waals surface area (Å²) in [5.41, 5.74) is 1.16. The summed E-state index contributed by atoms with van der Waals surface area (Å²) in [7, 11) is 1.73. The van der Waals surface area contributed by atoms with Gasteiger partial charge in [-0.3, -0.25) is 0 Å². The Labute approximate surface area is 156 Å². The molecule has 2 heterocycles. The van der Waals surface area contributed by atoms with Crippen LogP contribution in [-0.2, 0) is 0 Å². The molecule has 0 saturated carbocycles. The fourth-order valence-corrected chi connectivity index (χ4v) is 3.18. The molecule has 0 spiro atoms. The summed E-state index contributed by atoms with van der Waals surface area (Å²) >= 11 is 0. The number of rotatable bonds is 6. The van der Waals surface area contributed by atoms with Crippen LogP contribution in [0.5, 0.6) is 5.75 Å². The highest BCUT2D eigenvalue weighted by molar-refractivity contribution is 5.60. The zero-order valence-corrected chi connectivity index (χ0v) is 16.2. The number of anilines is 3. The Morgan fingerprint density at radius 2 is 1.77 bits per heavy atom. The molecule has 26 heavy (non-hydrogen) atoms. The van der Waals surface area contributed by atoms with Gasteiger partial charge < -0.3 is 19.9 Å². The Hall–Kier alpha value is -2.50. The minimum atomic E-state index is 0.582. The van der Waals surface area contributed by atoms with Gasteiger partial charge in [0.1, 0.15) is 23.2 Å². The van der Waals surface area contributed by atoms with Gasteiger partial charge in [-0.15, -0.1) is 0 Å². The smallest absolute Gasteiger partial charge is 0.142 e. The number of piperazine rings is 1. The maximum Gasteiger partial charge on any atom is 0.142 e. The Morgan fingerprint density at radius 3 is 2.46 bits per heavy atom. The summed E-state index contributed by atoms with van der Waals surface area (Å²) in [6, 6.07) is 10.3. The van der Waals surface area contributed by atoms with Crippen LogP contribution in [0.2, 0.25) is 0 Å². The maximum absolute atomic E-state index is 5.50. The molecule has 0 radical (unpaired) electrons. The molecule has 1 aliphatic heterocycles. The number of aryl methyl sites for hydroxylation is 1. The van der Waals surface area contributed by atoms with E-state index in [1.54, 1.807) is 7.11 Å². The monoisotopic (exact) mass is 355 g/mol. The molecule has 6 heteroatoms. The minimum Gasteiger partial charge on any atom is -0.495 e.